The van der Waals surface area contributed by atoms with Gasteiger partial charge in [0.15, 0.2) is 0 Å². The molecule has 2 heterocycles. The van der Waals surface area contributed by atoms with Crippen molar-refractivity contribution in [3.63, 3.8) is 0 Å². The highest BCUT2D eigenvalue weighted by Gasteiger charge is 2.23. The van der Waals surface area contributed by atoms with Gasteiger partial charge in [-0.3, -0.25) is 0 Å². The van der Waals surface area contributed by atoms with Crippen molar-refractivity contribution in [1.29, 1.82) is 0 Å². The molecule has 0 bridgehead atoms. The van der Waals surface area contributed by atoms with Crippen LogP contribution in [-0.2, 0) is 0 Å². The van der Waals surface area contributed by atoms with Crippen molar-refractivity contribution in [2.24, 2.45) is 0 Å². The molecule has 100 valence electrons. The fourth-order valence-electron chi connectivity index (χ4n) is 2.41. The van der Waals surface area contributed by atoms with E-state index >= 15 is 0 Å². The number of hydrogen-bond acceptors (Lipinski definition) is 5. The number of likely N-dealkylation sites (tertiary alicyclic amines) is 1. The summed E-state index contributed by atoms with van der Waals surface area (Å²) in [6.07, 6.45) is 4.16. The van der Waals surface area contributed by atoms with Crippen LogP contribution in [0.1, 0.15) is 12.8 Å². The van der Waals surface area contributed by atoms with E-state index in [2.05, 4.69) is 55.1 Å². The topological polar surface area (TPSA) is 44.3 Å². The first-order valence-corrected chi connectivity index (χ1v) is 7.02. The van der Waals surface area contributed by atoms with E-state index in [1.807, 2.05) is 7.05 Å². The molecule has 1 saturated heterocycles. The zero-order valence-electron chi connectivity index (χ0n) is 11.1. The van der Waals surface area contributed by atoms with E-state index in [1.54, 1.807) is 6.33 Å². The summed E-state index contributed by atoms with van der Waals surface area (Å²) in [4.78, 5) is 13.2. The van der Waals surface area contributed by atoms with E-state index < -0.39 is 0 Å². The molecule has 1 aliphatic rings. The Morgan fingerprint density at radius 3 is 2.94 bits per heavy atom. The van der Waals surface area contributed by atoms with Crippen molar-refractivity contribution in [3.8, 4) is 0 Å². The maximum absolute atomic E-state index is 4.36. The van der Waals surface area contributed by atoms with E-state index in [-0.39, 0.29) is 0 Å². The predicted octanol–water partition coefficient (Wildman–Crippen LogP) is 1.81. The molecule has 1 aliphatic heterocycles. The summed E-state index contributed by atoms with van der Waals surface area (Å²) in [6, 6.07) is 0.620. The second-order valence-corrected chi connectivity index (χ2v) is 5.56. The van der Waals surface area contributed by atoms with Gasteiger partial charge in [0.25, 0.3) is 0 Å². The third-order valence-electron chi connectivity index (χ3n) is 3.53. The summed E-state index contributed by atoms with van der Waals surface area (Å²) in [6.45, 7) is 2.19. The summed E-state index contributed by atoms with van der Waals surface area (Å²) in [5.41, 5.74) is 0. The largest absolute Gasteiger partial charge is 0.372 e. The molecule has 1 unspecified atom stereocenters. The van der Waals surface area contributed by atoms with Crippen LogP contribution in [0, 0.1) is 0 Å². The number of nitrogens with one attached hydrogen (secondary N) is 1. The second kappa shape index (κ2) is 5.84. The maximum Gasteiger partial charge on any atom is 0.148 e. The summed E-state index contributed by atoms with van der Waals surface area (Å²) in [5.74, 6) is 1.77. The predicted molar refractivity (Wildman–Crippen MR) is 78.2 cm³/mol. The standard InChI is InChI=1S/C12H20BrN5/c1-14-11-10(13)12(16-8-15-11)18(3)7-9-5-4-6-17(9)2/h8-9H,4-7H2,1-3H3,(H,14,15,16). The Bertz CT molecular complexity index is 411. The monoisotopic (exact) mass is 313 g/mol. The van der Waals surface area contributed by atoms with Crippen molar-refractivity contribution < 1.29 is 0 Å². The van der Waals surface area contributed by atoms with Crippen LogP contribution in [-0.4, -0.2) is 55.1 Å². The molecule has 0 spiro atoms. The van der Waals surface area contributed by atoms with Gasteiger partial charge in [0.2, 0.25) is 0 Å². The fourth-order valence-corrected chi connectivity index (χ4v) is 3.12. The number of nitrogens with zero attached hydrogens (tertiary/aromatic N) is 4. The lowest BCUT2D eigenvalue weighted by atomic mass is 10.2. The first-order valence-electron chi connectivity index (χ1n) is 6.23. The van der Waals surface area contributed by atoms with Gasteiger partial charge in [-0.15, -0.1) is 0 Å². The minimum absolute atomic E-state index is 0.620. The van der Waals surface area contributed by atoms with Crippen LogP contribution in [0.25, 0.3) is 0 Å². The van der Waals surface area contributed by atoms with E-state index in [0.717, 1.165) is 22.7 Å². The van der Waals surface area contributed by atoms with Gasteiger partial charge >= 0.3 is 0 Å². The van der Waals surface area contributed by atoms with Crippen LogP contribution in [0.5, 0.6) is 0 Å². The first-order chi connectivity index (χ1) is 8.63. The van der Waals surface area contributed by atoms with E-state index in [1.165, 1.54) is 19.4 Å². The van der Waals surface area contributed by atoms with Gasteiger partial charge in [0, 0.05) is 26.7 Å². The molecule has 1 fully saturated rings. The average molecular weight is 314 g/mol. The van der Waals surface area contributed by atoms with Gasteiger partial charge in [0.05, 0.1) is 0 Å². The molecule has 0 aromatic carbocycles. The van der Waals surface area contributed by atoms with Crippen LogP contribution in [0.3, 0.4) is 0 Å². The molecule has 1 N–H and O–H groups in total. The van der Waals surface area contributed by atoms with Gasteiger partial charge in [-0.1, -0.05) is 0 Å². The molecule has 0 aliphatic carbocycles. The van der Waals surface area contributed by atoms with Crippen molar-refractivity contribution >= 4 is 27.6 Å². The van der Waals surface area contributed by atoms with Crippen molar-refractivity contribution in [2.75, 3.05) is 44.4 Å². The Morgan fingerprint density at radius 2 is 2.33 bits per heavy atom. The number of likely N-dealkylation sites (N-methyl/N-ethyl adjacent to an activating group) is 2. The van der Waals surface area contributed by atoms with E-state index in [0.29, 0.717) is 6.04 Å². The van der Waals surface area contributed by atoms with Crippen molar-refractivity contribution in [2.45, 2.75) is 18.9 Å². The lowest BCUT2D eigenvalue weighted by Gasteiger charge is -2.27. The van der Waals surface area contributed by atoms with E-state index in [9.17, 15) is 0 Å². The number of rotatable bonds is 4. The van der Waals surface area contributed by atoms with Crippen LogP contribution in [0.2, 0.25) is 0 Å². The minimum Gasteiger partial charge on any atom is -0.372 e. The first kappa shape index (κ1) is 13.5. The summed E-state index contributed by atoms with van der Waals surface area (Å²) < 4.78 is 0.927. The highest BCUT2D eigenvalue weighted by atomic mass is 79.9. The molecule has 1 aromatic rings. The fraction of sp³-hybridized carbons (Fsp3) is 0.667. The van der Waals surface area contributed by atoms with Gasteiger partial charge < -0.3 is 15.1 Å². The third kappa shape index (κ3) is 2.75. The SMILES string of the molecule is CNc1ncnc(N(C)CC2CCCN2C)c1Br. The van der Waals surface area contributed by atoms with Crippen LogP contribution >= 0.6 is 15.9 Å². The smallest absolute Gasteiger partial charge is 0.148 e. The van der Waals surface area contributed by atoms with Crippen LogP contribution in [0.4, 0.5) is 11.6 Å². The molecular formula is C12H20BrN5. The quantitative estimate of drug-likeness (QED) is 0.918. The van der Waals surface area contributed by atoms with Gasteiger partial charge in [0.1, 0.15) is 22.4 Å². The lowest BCUT2D eigenvalue weighted by molar-refractivity contribution is 0.314. The summed E-state index contributed by atoms with van der Waals surface area (Å²) in [7, 11) is 6.14. The van der Waals surface area contributed by atoms with Gasteiger partial charge in [-0.05, 0) is 42.4 Å². The average Bonchev–Trinajstić information content (AvgIpc) is 2.75. The maximum atomic E-state index is 4.36. The lowest BCUT2D eigenvalue weighted by Crippen LogP contribution is -2.37. The Labute approximate surface area is 117 Å². The second-order valence-electron chi connectivity index (χ2n) is 4.77. The minimum atomic E-state index is 0.620. The summed E-state index contributed by atoms with van der Waals surface area (Å²) >= 11 is 3.56. The van der Waals surface area contributed by atoms with Gasteiger partial charge in [-0.25, -0.2) is 9.97 Å². The molecule has 6 heteroatoms. The molecule has 2 rings (SSSR count). The zero-order chi connectivity index (χ0) is 13.1. The number of halogens is 1. The normalized spacial score (nSPS) is 20.1. The Morgan fingerprint density at radius 1 is 1.56 bits per heavy atom. The molecule has 0 amide bonds. The summed E-state index contributed by atoms with van der Waals surface area (Å²) in [5, 5.41) is 3.06. The molecule has 1 aromatic heterocycles. The highest BCUT2D eigenvalue weighted by molar-refractivity contribution is 9.10. The molecule has 1 atom stereocenters. The Hall–Kier alpha value is -0.880. The molecule has 18 heavy (non-hydrogen) atoms. The van der Waals surface area contributed by atoms with Gasteiger partial charge in [-0.2, -0.15) is 0 Å². The molecule has 5 nitrogen and oxygen atoms in total. The highest BCUT2D eigenvalue weighted by Crippen LogP contribution is 2.29. The van der Waals surface area contributed by atoms with Crippen molar-refractivity contribution in [1.82, 2.24) is 14.9 Å². The number of hydrogen-bond donors (Lipinski definition) is 1. The Balaban J connectivity index is 2.11. The Kier molecular flexibility index (Phi) is 4.40. The molecule has 0 radical (unpaired) electrons. The number of anilines is 2. The number of aromatic nitrogens is 2. The zero-order valence-corrected chi connectivity index (χ0v) is 12.7. The molecule has 0 saturated carbocycles. The molecular weight excluding hydrogens is 294 g/mol. The van der Waals surface area contributed by atoms with Crippen LogP contribution < -0.4 is 10.2 Å². The van der Waals surface area contributed by atoms with E-state index in [4.69, 9.17) is 0 Å². The third-order valence-corrected chi connectivity index (χ3v) is 4.26. The van der Waals surface area contributed by atoms with Crippen molar-refractivity contribution in [3.05, 3.63) is 10.8 Å². The van der Waals surface area contributed by atoms with Crippen LogP contribution in [0.15, 0.2) is 10.8 Å².